The topological polar surface area (TPSA) is 64.4 Å². The van der Waals surface area contributed by atoms with Gasteiger partial charge in [-0.25, -0.2) is 12.8 Å². The second-order valence-electron chi connectivity index (χ2n) is 7.17. The molecule has 1 aromatic carbocycles. The first-order valence-corrected chi connectivity index (χ1v) is 10.9. The van der Waals surface area contributed by atoms with Gasteiger partial charge in [-0.1, -0.05) is 12.1 Å². The van der Waals surface area contributed by atoms with Gasteiger partial charge in [0.15, 0.2) is 21.4 Å². The Morgan fingerprint density at radius 2 is 2.07 bits per heavy atom. The lowest BCUT2D eigenvalue weighted by atomic mass is 10.1. The molecule has 1 fully saturated rings. The smallest absolute Gasteiger partial charge is 0.165 e. The molecule has 1 atom stereocenters. The van der Waals surface area contributed by atoms with Crippen molar-refractivity contribution in [3.63, 3.8) is 0 Å². The van der Waals surface area contributed by atoms with E-state index in [1.807, 2.05) is 25.6 Å². The van der Waals surface area contributed by atoms with Gasteiger partial charge in [-0.2, -0.15) is 5.10 Å². The van der Waals surface area contributed by atoms with Gasteiger partial charge in [-0.05, 0) is 39.4 Å². The van der Waals surface area contributed by atoms with Crippen molar-refractivity contribution in [2.24, 2.45) is 0 Å². The van der Waals surface area contributed by atoms with Crippen LogP contribution in [0.5, 0.6) is 5.75 Å². The van der Waals surface area contributed by atoms with Crippen LogP contribution in [0.1, 0.15) is 29.4 Å². The van der Waals surface area contributed by atoms with Crippen molar-refractivity contribution in [1.29, 1.82) is 0 Å². The predicted octanol–water partition coefficient (Wildman–Crippen LogP) is 2.51. The van der Waals surface area contributed by atoms with Crippen molar-refractivity contribution in [2.75, 3.05) is 31.7 Å². The van der Waals surface area contributed by atoms with Gasteiger partial charge in [0.1, 0.15) is 6.61 Å². The molecule has 0 unspecified atom stereocenters. The molecular formula is C19H26FN3O3S. The summed E-state index contributed by atoms with van der Waals surface area (Å²) in [6.07, 6.45) is 0.621. The lowest BCUT2D eigenvalue weighted by Gasteiger charge is -2.18. The average Bonchev–Trinajstić information content (AvgIpc) is 3.10. The van der Waals surface area contributed by atoms with Crippen LogP contribution in [0.3, 0.4) is 0 Å². The highest BCUT2D eigenvalue weighted by molar-refractivity contribution is 7.91. The normalized spacial score (nSPS) is 18.9. The van der Waals surface area contributed by atoms with Gasteiger partial charge in [-0.15, -0.1) is 0 Å². The average molecular weight is 396 g/mol. The maximum absolute atomic E-state index is 13.6. The molecule has 148 valence electrons. The van der Waals surface area contributed by atoms with E-state index in [1.165, 1.54) is 6.07 Å². The van der Waals surface area contributed by atoms with Crippen molar-refractivity contribution in [2.45, 2.75) is 32.9 Å². The summed E-state index contributed by atoms with van der Waals surface area (Å²) < 4.78 is 44.5. The fourth-order valence-corrected chi connectivity index (χ4v) is 5.16. The van der Waals surface area contributed by atoms with Crippen molar-refractivity contribution < 1.29 is 17.5 Å². The second kappa shape index (κ2) is 7.98. The molecule has 1 aliphatic heterocycles. The summed E-state index contributed by atoms with van der Waals surface area (Å²) in [4.78, 5) is 2.09. The summed E-state index contributed by atoms with van der Waals surface area (Å²) in [5, 5.41) is 4.59. The van der Waals surface area contributed by atoms with E-state index >= 15 is 0 Å². The Balaban J connectivity index is 1.59. The van der Waals surface area contributed by atoms with Gasteiger partial charge in [0.05, 0.1) is 23.2 Å². The van der Waals surface area contributed by atoms with Crippen molar-refractivity contribution in [3.05, 3.63) is 47.0 Å². The van der Waals surface area contributed by atoms with E-state index in [4.69, 9.17) is 4.74 Å². The molecule has 0 spiro atoms. The summed E-state index contributed by atoms with van der Waals surface area (Å²) in [6.45, 7) is 5.63. The molecule has 8 heteroatoms. The van der Waals surface area contributed by atoms with Gasteiger partial charge in [0, 0.05) is 24.3 Å². The molecule has 1 aliphatic rings. The molecule has 6 nitrogen and oxygen atoms in total. The maximum Gasteiger partial charge on any atom is 0.165 e. The van der Waals surface area contributed by atoms with E-state index in [0.717, 1.165) is 17.0 Å². The number of aryl methyl sites for hydroxylation is 1. The number of hydrogen-bond acceptors (Lipinski definition) is 5. The molecule has 3 rings (SSSR count). The molecule has 0 radical (unpaired) electrons. The molecule has 0 aliphatic carbocycles. The molecule has 2 aromatic rings. The van der Waals surface area contributed by atoms with Gasteiger partial charge >= 0.3 is 0 Å². The number of halogens is 1. The molecule has 1 aromatic heterocycles. The highest BCUT2D eigenvalue weighted by Crippen LogP contribution is 2.27. The summed E-state index contributed by atoms with van der Waals surface area (Å²) in [5.74, 6) is 0.299. The highest BCUT2D eigenvalue weighted by atomic mass is 32.2. The van der Waals surface area contributed by atoms with Gasteiger partial charge in [-0.3, -0.25) is 9.58 Å². The van der Waals surface area contributed by atoms with Gasteiger partial charge in [0.2, 0.25) is 0 Å². The summed E-state index contributed by atoms with van der Waals surface area (Å²) in [5.41, 5.74) is 3.03. The summed E-state index contributed by atoms with van der Waals surface area (Å²) in [6, 6.07) is 6.30. The van der Waals surface area contributed by atoms with E-state index in [9.17, 15) is 12.8 Å². The van der Waals surface area contributed by atoms with E-state index in [1.54, 1.807) is 18.2 Å². The zero-order chi connectivity index (χ0) is 19.6. The highest BCUT2D eigenvalue weighted by Gasteiger charge is 2.31. The van der Waals surface area contributed by atoms with E-state index < -0.39 is 9.84 Å². The minimum absolute atomic E-state index is 0.0721. The number of sulfone groups is 1. The van der Waals surface area contributed by atoms with Crippen LogP contribution in [0, 0.1) is 19.7 Å². The number of hydrogen-bond donors (Lipinski definition) is 0. The first kappa shape index (κ1) is 19.8. The van der Waals surface area contributed by atoms with Crippen LogP contribution in [0.25, 0.3) is 0 Å². The van der Waals surface area contributed by atoms with Crippen molar-refractivity contribution >= 4 is 9.84 Å². The number of rotatable bonds is 7. The van der Waals surface area contributed by atoms with E-state index in [0.29, 0.717) is 26.1 Å². The number of aromatic nitrogens is 2. The van der Waals surface area contributed by atoms with Crippen LogP contribution in [0.2, 0.25) is 0 Å². The van der Waals surface area contributed by atoms with Crippen LogP contribution in [0.15, 0.2) is 24.3 Å². The molecule has 1 saturated heterocycles. The van der Waals surface area contributed by atoms with Crippen LogP contribution in [-0.2, 0) is 16.4 Å². The fraction of sp³-hybridized carbons (Fsp3) is 0.526. The predicted molar refractivity (Wildman–Crippen MR) is 102 cm³/mol. The largest absolute Gasteiger partial charge is 0.489 e. The zero-order valence-electron chi connectivity index (χ0n) is 16.0. The lowest BCUT2D eigenvalue weighted by molar-refractivity contribution is 0.226. The Kier molecular flexibility index (Phi) is 5.86. The molecule has 0 saturated carbocycles. The number of benzene rings is 1. The Morgan fingerprint density at radius 3 is 2.74 bits per heavy atom. The SMILES string of the molecule is Cc1nn([C@@H]2CCS(=O)(=O)C2)c(C)c1CN(C)CCOc1ccccc1F. The zero-order valence-corrected chi connectivity index (χ0v) is 16.8. The number of ether oxygens (including phenoxy) is 1. The first-order valence-electron chi connectivity index (χ1n) is 9.07. The van der Waals surface area contributed by atoms with Gasteiger partial charge < -0.3 is 4.74 Å². The molecule has 0 amide bonds. The Hall–Kier alpha value is -1.93. The third-order valence-corrected chi connectivity index (χ3v) is 6.77. The van der Waals surface area contributed by atoms with Crippen molar-refractivity contribution in [1.82, 2.24) is 14.7 Å². The standard InChI is InChI=1S/C19H26FN3O3S/c1-14-17(15(2)23(21-14)16-8-11-27(24,25)13-16)12-22(3)9-10-26-19-7-5-4-6-18(19)20/h4-7,16H,8-13H2,1-3H3/t16-/m1/s1. The molecule has 2 heterocycles. The second-order valence-corrected chi connectivity index (χ2v) is 9.40. The molecular weight excluding hydrogens is 369 g/mol. The maximum atomic E-state index is 13.6. The first-order chi connectivity index (χ1) is 12.8. The Labute approximate surface area is 159 Å². The van der Waals surface area contributed by atoms with Crippen LogP contribution < -0.4 is 4.74 Å². The molecule has 27 heavy (non-hydrogen) atoms. The van der Waals surface area contributed by atoms with E-state index in [2.05, 4.69) is 10.00 Å². The minimum atomic E-state index is -2.95. The third-order valence-electron chi connectivity index (χ3n) is 5.02. The van der Waals surface area contributed by atoms with Gasteiger partial charge in [0.25, 0.3) is 0 Å². The Bertz CT molecular complexity index is 911. The number of likely N-dealkylation sites (N-methyl/N-ethyl adjacent to an activating group) is 1. The monoisotopic (exact) mass is 395 g/mol. The van der Waals surface area contributed by atoms with Crippen LogP contribution in [-0.4, -0.2) is 54.8 Å². The third kappa shape index (κ3) is 4.68. The van der Waals surface area contributed by atoms with Crippen molar-refractivity contribution in [3.8, 4) is 5.75 Å². The summed E-state index contributed by atoms with van der Waals surface area (Å²) in [7, 11) is -0.974. The minimum Gasteiger partial charge on any atom is -0.489 e. The Morgan fingerprint density at radius 1 is 1.33 bits per heavy atom. The fourth-order valence-electron chi connectivity index (χ4n) is 3.47. The van der Waals surface area contributed by atoms with E-state index in [-0.39, 0.29) is 29.1 Å². The molecule has 0 bridgehead atoms. The number of nitrogens with zero attached hydrogens (tertiary/aromatic N) is 3. The van der Waals surface area contributed by atoms with Crippen LogP contribution >= 0.6 is 0 Å². The lowest BCUT2D eigenvalue weighted by Crippen LogP contribution is -2.24. The molecule has 0 N–H and O–H groups in total. The number of para-hydroxylation sites is 1. The summed E-state index contributed by atoms with van der Waals surface area (Å²) >= 11 is 0. The van der Waals surface area contributed by atoms with Crippen LogP contribution in [0.4, 0.5) is 4.39 Å². The quantitative estimate of drug-likeness (QED) is 0.721.